The molecule has 1 fully saturated rings. The number of hydrogen-bond acceptors (Lipinski definition) is 6. The van der Waals surface area contributed by atoms with Crippen LogP contribution in [0.2, 0.25) is 10.0 Å². The number of ether oxygens (including phenoxy) is 4. The number of amides is 1. The summed E-state index contributed by atoms with van der Waals surface area (Å²) in [4.78, 5) is 12.1. The van der Waals surface area contributed by atoms with E-state index < -0.39 is 5.79 Å². The zero-order valence-corrected chi connectivity index (χ0v) is 20.7. The third-order valence-corrected chi connectivity index (χ3v) is 5.68. The van der Waals surface area contributed by atoms with Gasteiger partial charge in [0.2, 0.25) is 5.91 Å². The molecule has 0 unspecified atom stereocenters. The average molecular weight is 546 g/mol. The van der Waals surface area contributed by atoms with Crippen LogP contribution in [0.1, 0.15) is 31.4 Å². The fraction of sp³-hybridized carbons (Fsp3) is 0.364. The molecule has 0 saturated carbocycles. The molecule has 3 rings (SSSR count). The number of hydrazone groups is 1. The van der Waals surface area contributed by atoms with Gasteiger partial charge in [-0.3, -0.25) is 4.79 Å². The van der Waals surface area contributed by atoms with Crippen LogP contribution in [-0.4, -0.2) is 37.7 Å². The van der Waals surface area contributed by atoms with Crippen LogP contribution in [-0.2, 0) is 20.9 Å². The minimum atomic E-state index is -0.906. The molecule has 1 aliphatic heterocycles. The molecule has 0 aromatic heterocycles. The van der Waals surface area contributed by atoms with E-state index in [9.17, 15) is 4.79 Å². The van der Waals surface area contributed by atoms with Crippen molar-refractivity contribution < 1.29 is 23.7 Å². The van der Waals surface area contributed by atoms with Gasteiger partial charge in [0.1, 0.15) is 6.61 Å². The lowest BCUT2D eigenvalue weighted by Gasteiger charge is -2.20. The summed E-state index contributed by atoms with van der Waals surface area (Å²) in [5.41, 5.74) is 3.98. The van der Waals surface area contributed by atoms with E-state index in [0.717, 1.165) is 5.56 Å². The highest BCUT2D eigenvalue weighted by atomic mass is 79.9. The van der Waals surface area contributed by atoms with Crippen LogP contribution in [0.15, 0.2) is 39.9 Å². The van der Waals surface area contributed by atoms with Gasteiger partial charge in [0, 0.05) is 15.6 Å². The van der Waals surface area contributed by atoms with Crippen molar-refractivity contribution in [2.24, 2.45) is 5.10 Å². The van der Waals surface area contributed by atoms with E-state index >= 15 is 0 Å². The molecule has 2 aromatic rings. The van der Waals surface area contributed by atoms with Crippen molar-refractivity contribution in [3.05, 3.63) is 56.0 Å². The smallest absolute Gasteiger partial charge is 0.245 e. The maximum atomic E-state index is 12.1. The molecule has 1 N–H and O–H groups in total. The van der Waals surface area contributed by atoms with Gasteiger partial charge >= 0.3 is 0 Å². The Kier molecular flexibility index (Phi) is 8.79. The Morgan fingerprint density at radius 1 is 1.25 bits per heavy atom. The van der Waals surface area contributed by atoms with E-state index in [1.165, 1.54) is 6.21 Å². The summed E-state index contributed by atoms with van der Waals surface area (Å²) in [5, 5.41) is 5.10. The van der Waals surface area contributed by atoms with E-state index in [2.05, 4.69) is 26.5 Å². The van der Waals surface area contributed by atoms with Gasteiger partial charge in [-0.05, 0) is 59.6 Å². The summed E-state index contributed by atoms with van der Waals surface area (Å²) < 4.78 is 23.2. The van der Waals surface area contributed by atoms with Gasteiger partial charge in [-0.25, -0.2) is 5.43 Å². The molecule has 7 nitrogen and oxygen atoms in total. The molecular formula is C22H23BrCl2N2O5. The van der Waals surface area contributed by atoms with E-state index in [0.29, 0.717) is 51.4 Å². The van der Waals surface area contributed by atoms with E-state index in [4.69, 9.17) is 42.1 Å². The van der Waals surface area contributed by atoms with Crippen molar-refractivity contribution in [1.29, 1.82) is 0 Å². The van der Waals surface area contributed by atoms with Gasteiger partial charge in [0.25, 0.3) is 0 Å². The number of nitrogens with zero attached hydrogens (tertiary/aromatic N) is 1. The third-order valence-electron chi connectivity index (χ3n) is 4.50. The molecule has 32 heavy (non-hydrogen) atoms. The molecule has 1 aliphatic rings. The Morgan fingerprint density at radius 2 is 2.00 bits per heavy atom. The largest absolute Gasteiger partial charge is 0.490 e. The first-order chi connectivity index (χ1) is 15.3. The van der Waals surface area contributed by atoms with E-state index in [-0.39, 0.29) is 18.9 Å². The van der Waals surface area contributed by atoms with E-state index in [1.807, 2.05) is 19.1 Å². The lowest BCUT2D eigenvalue weighted by molar-refractivity contribution is -0.159. The minimum Gasteiger partial charge on any atom is -0.490 e. The average Bonchev–Trinajstić information content (AvgIpc) is 3.14. The number of hydrogen-bond donors (Lipinski definition) is 1. The zero-order valence-electron chi connectivity index (χ0n) is 17.6. The predicted molar refractivity (Wildman–Crippen MR) is 127 cm³/mol. The van der Waals surface area contributed by atoms with Crippen molar-refractivity contribution in [2.75, 3.05) is 19.8 Å². The second-order valence-electron chi connectivity index (χ2n) is 7.09. The molecule has 0 spiro atoms. The number of benzene rings is 2. The van der Waals surface area contributed by atoms with Crippen molar-refractivity contribution in [3.8, 4) is 11.5 Å². The highest BCUT2D eigenvalue weighted by Crippen LogP contribution is 2.37. The van der Waals surface area contributed by atoms with Crippen molar-refractivity contribution in [2.45, 2.75) is 32.7 Å². The van der Waals surface area contributed by atoms with Gasteiger partial charge in [0.15, 0.2) is 17.3 Å². The first kappa shape index (κ1) is 24.8. The van der Waals surface area contributed by atoms with Crippen LogP contribution in [0.5, 0.6) is 11.5 Å². The van der Waals surface area contributed by atoms with Gasteiger partial charge in [-0.2, -0.15) is 5.10 Å². The van der Waals surface area contributed by atoms with Gasteiger partial charge in [-0.15, -0.1) is 0 Å². The van der Waals surface area contributed by atoms with Crippen LogP contribution in [0, 0.1) is 0 Å². The maximum absolute atomic E-state index is 12.1. The van der Waals surface area contributed by atoms with Gasteiger partial charge in [-0.1, -0.05) is 29.3 Å². The zero-order chi connectivity index (χ0) is 23.1. The highest BCUT2D eigenvalue weighted by molar-refractivity contribution is 9.10. The number of carbonyl (C=O) groups excluding carboxylic acids is 1. The van der Waals surface area contributed by atoms with Gasteiger partial charge < -0.3 is 18.9 Å². The molecule has 0 bridgehead atoms. The van der Waals surface area contributed by atoms with Crippen LogP contribution >= 0.6 is 39.1 Å². The first-order valence-electron chi connectivity index (χ1n) is 9.92. The Morgan fingerprint density at radius 3 is 2.69 bits per heavy atom. The Labute approximate surface area is 205 Å². The third kappa shape index (κ3) is 6.83. The molecule has 172 valence electrons. The molecule has 0 aliphatic carbocycles. The normalized spacial score (nSPS) is 15.2. The Bertz CT molecular complexity index is 997. The Hall–Kier alpha value is -1.84. The van der Waals surface area contributed by atoms with Gasteiger partial charge in [0.05, 0.1) is 36.9 Å². The molecule has 1 saturated heterocycles. The van der Waals surface area contributed by atoms with Crippen molar-refractivity contribution in [1.82, 2.24) is 5.43 Å². The summed E-state index contributed by atoms with van der Waals surface area (Å²) in [7, 11) is 0. The molecule has 10 heteroatoms. The molecule has 1 amide bonds. The quantitative estimate of drug-likeness (QED) is 0.340. The van der Waals surface area contributed by atoms with Crippen molar-refractivity contribution >= 4 is 51.3 Å². The van der Waals surface area contributed by atoms with E-state index in [1.54, 1.807) is 25.1 Å². The van der Waals surface area contributed by atoms with Crippen LogP contribution in [0.25, 0.3) is 0 Å². The number of nitrogens with one attached hydrogen (secondary N) is 1. The predicted octanol–water partition coefficient (Wildman–Crippen LogP) is 5.34. The second kappa shape index (κ2) is 11.3. The first-order valence-corrected chi connectivity index (χ1v) is 11.5. The topological polar surface area (TPSA) is 78.4 Å². The summed E-state index contributed by atoms with van der Waals surface area (Å²) in [6.07, 6.45) is 1.57. The fourth-order valence-corrected chi connectivity index (χ4v) is 4.06. The summed E-state index contributed by atoms with van der Waals surface area (Å²) in [6, 6.07) is 8.81. The maximum Gasteiger partial charge on any atom is 0.245 e. The van der Waals surface area contributed by atoms with Crippen LogP contribution in [0.3, 0.4) is 0 Å². The monoisotopic (exact) mass is 544 g/mol. The lowest BCUT2D eigenvalue weighted by atomic mass is 10.2. The molecule has 0 atom stereocenters. The second-order valence-corrected chi connectivity index (χ2v) is 8.79. The fourth-order valence-electron chi connectivity index (χ4n) is 3.02. The minimum absolute atomic E-state index is 0.0538. The van der Waals surface area contributed by atoms with Crippen molar-refractivity contribution in [3.63, 3.8) is 0 Å². The number of carbonyl (C=O) groups is 1. The van der Waals surface area contributed by atoms with Crippen LogP contribution < -0.4 is 14.9 Å². The summed E-state index contributed by atoms with van der Waals surface area (Å²) >= 11 is 15.7. The van der Waals surface area contributed by atoms with Crippen LogP contribution in [0.4, 0.5) is 0 Å². The Balaban J connectivity index is 1.67. The molecule has 1 heterocycles. The SMILES string of the molecule is CCOc1cc(C=NNC(=O)CC2(C)OCCO2)cc(Br)c1OCc1ccc(Cl)cc1Cl. The highest BCUT2D eigenvalue weighted by Gasteiger charge is 2.33. The molecular weight excluding hydrogens is 523 g/mol. The number of rotatable bonds is 9. The number of halogens is 3. The lowest BCUT2D eigenvalue weighted by Crippen LogP contribution is -2.33. The summed E-state index contributed by atoms with van der Waals surface area (Å²) in [6.45, 7) is 5.23. The molecule has 2 aromatic carbocycles. The summed E-state index contributed by atoms with van der Waals surface area (Å²) in [5.74, 6) is -0.159. The molecule has 0 radical (unpaired) electrons. The standard InChI is InChI=1S/C22H23BrCl2N2O5/c1-3-29-19-9-14(12-26-27-20(28)11-22(2)31-6-7-32-22)8-17(23)21(19)30-13-15-4-5-16(24)10-18(15)25/h4-5,8-10,12H,3,6-7,11,13H2,1-2H3,(H,27,28).